The highest BCUT2D eigenvalue weighted by molar-refractivity contribution is 5.56. The third-order valence-electron chi connectivity index (χ3n) is 2.14. The molecule has 0 unspecified atom stereocenters. The Morgan fingerprint density at radius 1 is 1.42 bits per heavy atom. The first kappa shape index (κ1) is 15.0. The Morgan fingerprint density at radius 2 is 2.05 bits per heavy atom. The van der Waals surface area contributed by atoms with Crippen LogP contribution in [0.15, 0.2) is 18.2 Å². The molecule has 0 heterocycles. The van der Waals surface area contributed by atoms with Crippen molar-refractivity contribution in [3.63, 3.8) is 0 Å². The largest absolute Gasteiger partial charge is 0.487 e. The van der Waals surface area contributed by atoms with E-state index in [4.69, 9.17) is 0 Å². The van der Waals surface area contributed by atoms with Gasteiger partial charge in [0.2, 0.25) is 0 Å². The number of rotatable bonds is 6. The molecule has 1 aromatic carbocycles. The molecule has 0 aliphatic rings. The smallest absolute Gasteiger partial charge is 0.340 e. The Labute approximate surface area is 105 Å². The predicted octanol–water partition coefficient (Wildman–Crippen LogP) is 2.92. The first-order valence-corrected chi connectivity index (χ1v) is 5.02. The van der Waals surface area contributed by atoms with E-state index in [0.717, 1.165) is 12.1 Å². The average molecular weight is 282 g/mol. The SMILES string of the molecule is CNc1cc(OCC(F)(F)C(F)F)cc([N+](=O)[O-])c1. The molecule has 1 N–H and O–H groups in total. The number of hydrogen-bond donors (Lipinski definition) is 1. The number of ether oxygens (including phenoxy) is 1. The normalized spacial score (nSPS) is 11.5. The van der Waals surface area contributed by atoms with Gasteiger partial charge in [0.25, 0.3) is 5.69 Å². The fourth-order valence-electron chi connectivity index (χ4n) is 1.16. The number of nitro benzene ring substituents is 1. The summed E-state index contributed by atoms with van der Waals surface area (Å²) in [5.74, 6) is -4.61. The molecule has 0 amide bonds. The second-order valence-electron chi connectivity index (χ2n) is 3.57. The zero-order chi connectivity index (χ0) is 14.6. The van der Waals surface area contributed by atoms with Crippen LogP contribution < -0.4 is 10.1 Å². The lowest BCUT2D eigenvalue weighted by Crippen LogP contribution is -2.33. The van der Waals surface area contributed by atoms with Crippen LogP contribution in [-0.4, -0.2) is 30.9 Å². The lowest BCUT2D eigenvalue weighted by Gasteiger charge is -2.16. The van der Waals surface area contributed by atoms with Crippen molar-refractivity contribution in [2.24, 2.45) is 0 Å². The number of anilines is 1. The minimum atomic E-state index is -4.32. The van der Waals surface area contributed by atoms with Crippen LogP contribution in [0, 0.1) is 10.1 Å². The number of non-ortho nitro benzene ring substituents is 1. The summed E-state index contributed by atoms with van der Waals surface area (Å²) in [5.41, 5.74) is -0.160. The molecule has 0 aliphatic carbocycles. The minimum absolute atomic E-state index is 0.240. The Hall–Kier alpha value is -2.06. The fourth-order valence-corrected chi connectivity index (χ4v) is 1.16. The van der Waals surface area contributed by atoms with Gasteiger partial charge in [-0.15, -0.1) is 0 Å². The van der Waals surface area contributed by atoms with Gasteiger partial charge >= 0.3 is 12.3 Å². The topological polar surface area (TPSA) is 64.4 Å². The summed E-state index contributed by atoms with van der Waals surface area (Å²) in [5, 5.41) is 13.1. The van der Waals surface area contributed by atoms with E-state index in [-0.39, 0.29) is 11.4 Å². The van der Waals surface area contributed by atoms with Gasteiger partial charge in [0, 0.05) is 24.9 Å². The van der Waals surface area contributed by atoms with Crippen LogP contribution >= 0.6 is 0 Å². The molecular weight excluding hydrogens is 272 g/mol. The third kappa shape index (κ3) is 3.97. The van der Waals surface area contributed by atoms with Crippen LogP contribution in [0.5, 0.6) is 5.75 Å². The molecule has 0 fully saturated rings. The van der Waals surface area contributed by atoms with Gasteiger partial charge in [-0.25, -0.2) is 8.78 Å². The standard InChI is InChI=1S/C10H10F4N2O3/c1-15-6-2-7(16(17)18)4-8(3-6)19-5-10(13,14)9(11)12/h2-4,9,15H,5H2,1H3. The molecule has 19 heavy (non-hydrogen) atoms. The van der Waals surface area contributed by atoms with E-state index in [2.05, 4.69) is 10.1 Å². The van der Waals surface area contributed by atoms with Crippen LogP contribution in [0.1, 0.15) is 0 Å². The Morgan fingerprint density at radius 3 is 2.53 bits per heavy atom. The van der Waals surface area contributed by atoms with Crippen molar-refractivity contribution in [3.8, 4) is 5.75 Å². The zero-order valence-corrected chi connectivity index (χ0v) is 9.70. The maximum absolute atomic E-state index is 12.6. The van der Waals surface area contributed by atoms with Gasteiger partial charge in [-0.1, -0.05) is 0 Å². The summed E-state index contributed by atoms with van der Waals surface area (Å²) in [4.78, 5) is 9.83. The van der Waals surface area contributed by atoms with Crippen molar-refractivity contribution in [1.29, 1.82) is 0 Å². The van der Waals surface area contributed by atoms with E-state index in [1.807, 2.05) is 0 Å². The Balaban J connectivity index is 2.89. The third-order valence-corrected chi connectivity index (χ3v) is 2.14. The van der Waals surface area contributed by atoms with E-state index >= 15 is 0 Å². The van der Waals surface area contributed by atoms with Gasteiger partial charge in [-0.05, 0) is 0 Å². The molecule has 0 radical (unpaired) electrons. The number of hydrogen-bond acceptors (Lipinski definition) is 4. The first-order chi connectivity index (χ1) is 8.76. The monoisotopic (exact) mass is 282 g/mol. The average Bonchev–Trinajstić information content (AvgIpc) is 2.35. The summed E-state index contributed by atoms with van der Waals surface area (Å²) in [6, 6.07) is 3.22. The van der Waals surface area contributed by atoms with Crippen LogP contribution in [0.2, 0.25) is 0 Å². The van der Waals surface area contributed by atoms with Gasteiger partial charge < -0.3 is 10.1 Å². The molecule has 0 saturated carbocycles. The van der Waals surface area contributed by atoms with Crippen LogP contribution in [-0.2, 0) is 0 Å². The summed E-state index contributed by atoms with van der Waals surface area (Å²) in [6.45, 7) is -1.56. The van der Waals surface area contributed by atoms with Crippen molar-refractivity contribution in [3.05, 3.63) is 28.3 Å². The summed E-state index contributed by atoms with van der Waals surface area (Å²) >= 11 is 0. The van der Waals surface area contributed by atoms with Gasteiger partial charge in [-0.3, -0.25) is 10.1 Å². The molecule has 1 rings (SSSR count). The molecule has 1 aromatic rings. The van der Waals surface area contributed by atoms with E-state index in [1.54, 1.807) is 0 Å². The number of nitro groups is 1. The number of benzene rings is 1. The molecular formula is C10H10F4N2O3. The highest BCUT2D eigenvalue weighted by Gasteiger charge is 2.41. The molecule has 9 heteroatoms. The van der Waals surface area contributed by atoms with Crippen molar-refractivity contribution >= 4 is 11.4 Å². The van der Waals surface area contributed by atoms with Crippen LogP contribution in [0.3, 0.4) is 0 Å². The molecule has 0 atom stereocenters. The van der Waals surface area contributed by atoms with Crippen molar-refractivity contribution < 1.29 is 27.2 Å². The van der Waals surface area contributed by atoms with Gasteiger partial charge in [0.15, 0.2) is 6.61 Å². The Bertz CT molecular complexity index is 468. The molecule has 0 bridgehead atoms. The maximum atomic E-state index is 12.6. The second-order valence-corrected chi connectivity index (χ2v) is 3.57. The maximum Gasteiger partial charge on any atom is 0.340 e. The van der Waals surface area contributed by atoms with Crippen molar-refractivity contribution in [2.75, 3.05) is 19.0 Å². The molecule has 0 aromatic heterocycles. The lowest BCUT2D eigenvalue weighted by molar-refractivity contribution is -0.384. The fraction of sp³-hybridized carbons (Fsp3) is 0.400. The van der Waals surface area contributed by atoms with Crippen molar-refractivity contribution in [2.45, 2.75) is 12.3 Å². The zero-order valence-electron chi connectivity index (χ0n) is 9.70. The molecule has 0 spiro atoms. The summed E-state index contributed by atoms with van der Waals surface area (Å²) in [6.07, 6.45) is -3.87. The van der Waals surface area contributed by atoms with Crippen LogP contribution in [0.25, 0.3) is 0 Å². The lowest BCUT2D eigenvalue weighted by atomic mass is 10.2. The van der Waals surface area contributed by atoms with Crippen molar-refractivity contribution in [1.82, 2.24) is 0 Å². The number of nitrogens with zero attached hydrogens (tertiary/aromatic N) is 1. The highest BCUT2D eigenvalue weighted by Crippen LogP contribution is 2.28. The van der Waals surface area contributed by atoms with Gasteiger partial charge in [0.05, 0.1) is 11.0 Å². The van der Waals surface area contributed by atoms with Gasteiger partial charge in [0.1, 0.15) is 5.75 Å². The quantitative estimate of drug-likeness (QED) is 0.495. The molecule has 0 saturated heterocycles. The van der Waals surface area contributed by atoms with Gasteiger partial charge in [-0.2, -0.15) is 8.78 Å². The Kier molecular flexibility index (Phi) is 4.52. The van der Waals surface area contributed by atoms with E-state index < -0.39 is 29.6 Å². The van der Waals surface area contributed by atoms with E-state index in [9.17, 15) is 27.7 Å². The summed E-state index contributed by atoms with van der Waals surface area (Å²) < 4.78 is 53.6. The number of alkyl halides is 4. The summed E-state index contributed by atoms with van der Waals surface area (Å²) in [7, 11) is 1.45. The molecule has 5 nitrogen and oxygen atoms in total. The van der Waals surface area contributed by atoms with E-state index in [1.165, 1.54) is 13.1 Å². The predicted molar refractivity (Wildman–Crippen MR) is 59.1 cm³/mol. The van der Waals surface area contributed by atoms with E-state index in [0.29, 0.717) is 0 Å². The molecule has 0 aliphatic heterocycles. The molecule has 106 valence electrons. The number of halogens is 4. The highest BCUT2D eigenvalue weighted by atomic mass is 19.3. The number of nitrogens with one attached hydrogen (secondary N) is 1. The first-order valence-electron chi connectivity index (χ1n) is 5.02. The minimum Gasteiger partial charge on any atom is -0.487 e. The second kappa shape index (κ2) is 5.72. The van der Waals surface area contributed by atoms with Crippen LogP contribution in [0.4, 0.5) is 28.9 Å².